The summed E-state index contributed by atoms with van der Waals surface area (Å²) in [6.07, 6.45) is 0.359. The average molecular weight is 357 g/mol. The summed E-state index contributed by atoms with van der Waals surface area (Å²) in [5, 5.41) is 0.631. The number of hydrogen-bond acceptors (Lipinski definition) is 3. The molecule has 0 aliphatic rings. The van der Waals surface area contributed by atoms with Crippen molar-refractivity contribution < 1.29 is 18.7 Å². The topological polar surface area (TPSA) is 35.5 Å². The smallest absolute Gasteiger partial charge is 0.162 e. The first-order valence-electron chi connectivity index (χ1n) is 6.87. The van der Waals surface area contributed by atoms with Crippen LogP contribution in [0.3, 0.4) is 0 Å². The van der Waals surface area contributed by atoms with Gasteiger partial charge in [-0.05, 0) is 30.7 Å². The molecule has 0 atom stereocenters. The van der Waals surface area contributed by atoms with Crippen LogP contribution in [-0.4, -0.2) is 19.5 Å². The maximum atomic E-state index is 13.7. The van der Waals surface area contributed by atoms with Gasteiger partial charge >= 0.3 is 0 Å². The van der Waals surface area contributed by atoms with Crippen LogP contribution >= 0.6 is 23.2 Å². The molecule has 0 aliphatic heterocycles. The van der Waals surface area contributed by atoms with Gasteiger partial charge in [0.2, 0.25) is 0 Å². The summed E-state index contributed by atoms with van der Waals surface area (Å²) in [5.74, 6) is 0.258. The Balaban J connectivity index is 2.11. The zero-order valence-corrected chi connectivity index (χ0v) is 14.2. The lowest BCUT2D eigenvalue weighted by Crippen LogP contribution is -2.05. The monoisotopic (exact) mass is 356 g/mol. The van der Waals surface area contributed by atoms with Crippen LogP contribution in [0.2, 0.25) is 10.0 Å². The fourth-order valence-corrected chi connectivity index (χ4v) is 2.52. The zero-order valence-electron chi connectivity index (χ0n) is 12.7. The highest BCUT2D eigenvalue weighted by Crippen LogP contribution is 2.33. The van der Waals surface area contributed by atoms with Gasteiger partial charge in [-0.15, -0.1) is 0 Å². The van der Waals surface area contributed by atoms with Gasteiger partial charge < -0.3 is 9.47 Å². The Hall–Kier alpha value is -1.78. The lowest BCUT2D eigenvalue weighted by atomic mass is 10.1. The zero-order chi connectivity index (χ0) is 17.0. The second kappa shape index (κ2) is 7.66. The maximum Gasteiger partial charge on any atom is 0.162 e. The van der Waals surface area contributed by atoms with E-state index in [4.69, 9.17) is 32.7 Å². The predicted molar refractivity (Wildman–Crippen MR) is 88.6 cm³/mol. The molecule has 0 aromatic heterocycles. The molecule has 23 heavy (non-hydrogen) atoms. The molecular formula is C17H15Cl2FO3. The minimum absolute atomic E-state index is 0.164. The summed E-state index contributed by atoms with van der Waals surface area (Å²) in [4.78, 5) is 11.5. The van der Waals surface area contributed by atoms with E-state index >= 15 is 0 Å². The molecule has 6 heteroatoms. The van der Waals surface area contributed by atoms with Crippen LogP contribution in [0.25, 0.3) is 0 Å². The van der Waals surface area contributed by atoms with Crippen molar-refractivity contribution in [2.75, 3.05) is 13.7 Å². The van der Waals surface area contributed by atoms with Crippen molar-refractivity contribution in [2.45, 2.75) is 13.3 Å². The molecule has 0 aliphatic carbocycles. The minimum atomic E-state index is -0.377. The molecule has 0 amide bonds. The van der Waals surface area contributed by atoms with E-state index in [1.165, 1.54) is 32.2 Å². The summed E-state index contributed by atoms with van der Waals surface area (Å²) in [5.41, 5.74) is 0.861. The average Bonchev–Trinajstić information content (AvgIpc) is 2.49. The molecule has 122 valence electrons. The van der Waals surface area contributed by atoms with Crippen LogP contribution in [-0.2, 0) is 6.42 Å². The Bertz CT molecular complexity index is 732. The van der Waals surface area contributed by atoms with Crippen LogP contribution in [0.5, 0.6) is 11.5 Å². The van der Waals surface area contributed by atoms with Gasteiger partial charge in [0.05, 0.1) is 18.7 Å². The van der Waals surface area contributed by atoms with E-state index in [1.807, 2.05) is 0 Å². The van der Waals surface area contributed by atoms with Gasteiger partial charge in [-0.25, -0.2) is 4.39 Å². The van der Waals surface area contributed by atoms with Crippen LogP contribution in [0.4, 0.5) is 4.39 Å². The van der Waals surface area contributed by atoms with Gasteiger partial charge in [-0.2, -0.15) is 0 Å². The van der Waals surface area contributed by atoms with Crippen molar-refractivity contribution >= 4 is 29.0 Å². The molecule has 0 unspecified atom stereocenters. The van der Waals surface area contributed by atoms with Crippen molar-refractivity contribution in [1.82, 2.24) is 0 Å². The van der Waals surface area contributed by atoms with Gasteiger partial charge in [-0.3, -0.25) is 4.79 Å². The van der Waals surface area contributed by atoms with Gasteiger partial charge in [0.1, 0.15) is 5.82 Å². The fourth-order valence-electron chi connectivity index (χ4n) is 2.07. The second-order valence-electron chi connectivity index (χ2n) is 4.87. The third-order valence-electron chi connectivity index (χ3n) is 3.28. The largest absolute Gasteiger partial charge is 0.493 e. The van der Waals surface area contributed by atoms with Crippen LogP contribution in [0.15, 0.2) is 30.3 Å². The number of carbonyl (C=O) groups is 1. The van der Waals surface area contributed by atoms with E-state index in [9.17, 15) is 9.18 Å². The molecule has 2 rings (SSSR count). The number of rotatable bonds is 6. The molecule has 0 saturated carbocycles. The third-order valence-corrected chi connectivity index (χ3v) is 3.82. The highest BCUT2D eigenvalue weighted by Gasteiger charge is 2.13. The predicted octanol–water partition coefficient (Wildman–Crippen LogP) is 4.97. The molecular weight excluding hydrogens is 342 g/mol. The molecule has 0 fully saturated rings. The number of carbonyl (C=O) groups excluding carboxylic acids is 1. The summed E-state index contributed by atoms with van der Waals surface area (Å²) in [7, 11) is 1.47. The SMILES string of the molecule is COc1cc(C(C)=O)c(Cl)cc1OCCc1ccc(Cl)cc1F. The lowest BCUT2D eigenvalue weighted by Gasteiger charge is -2.13. The Morgan fingerprint density at radius 3 is 2.52 bits per heavy atom. The molecule has 2 aromatic rings. The molecule has 0 spiro atoms. The summed E-state index contributed by atoms with van der Waals surface area (Å²) in [6, 6.07) is 7.55. The van der Waals surface area contributed by atoms with Gasteiger partial charge in [-0.1, -0.05) is 29.3 Å². The van der Waals surface area contributed by atoms with Gasteiger partial charge in [0, 0.05) is 23.1 Å². The van der Waals surface area contributed by atoms with Crippen molar-refractivity contribution in [2.24, 2.45) is 0 Å². The van der Waals surface area contributed by atoms with Crippen molar-refractivity contribution in [1.29, 1.82) is 0 Å². The molecule has 3 nitrogen and oxygen atoms in total. The van der Waals surface area contributed by atoms with E-state index in [-0.39, 0.29) is 23.2 Å². The number of hydrogen-bond donors (Lipinski definition) is 0. The van der Waals surface area contributed by atoms with Gasteiger partial charge in [0.25, 0.3) is 0 Å². The van der Waals surface area contributed by atoms with E-state index in [0.717, 1.165) is 0 Å². The lowest BCUT2D eigenvalue weighted by molar-refractivity contribution is 0.101. The Kier molecular flexibility index (Phi) is 5.85. The van der Waals surface area contributed by atoms with Crippen molar-refractivity contribution in [3.8, 4) is 11.5 Å². The highest BCUT2D eigenvalue weighted by molar-refractivity contribution is 6.34. The first-order chi connectivity index (χ1) is 10.9. The number of halogens is 3. The Morgan fingerprint density at radius 2 is 1.91 bits per heavy atom. The van der Waals surface area contributed by atoms with Crippen LogP contribution < -0.4 is 9.47 Å². The molecule has 0 N–H and O–H groups in total. The third kappa shape index (κ3) is 4.36. The summed E-state index contributed by atoms with van der Waals surface area (Å²) in [6.45, 7) is 1.65. The number of benzene rings is 2. The number of ketones is 1. The molecule has 0 heterocycles. The second-order valence-corrected chi connectivity index (χ2v) is 5.72. The molecule has 0 saturated heterocycles. The highest BCUT2D eigenvalue weighted by atomic mass is 35.5. The molecule has 0 bridgehead atoms. The standard InChI is InChI=1S/C17H15Cl2FO3/c1-10(21)13-8-16(22-2)17(9-14(13)19)23-6-5-11-3-4-12(18)7-15(11)20/h3-4,7-9H,5-6H2,1-2H3. The molecule has 0 radical (unpaired) electrons. The van der Waals surface area contributed by atoms with Crippen LogP contribution in [0, 0.1) is 5.82 Å². The van der Waals surface area contributed by atoms with E-state index < -0.39 is 0 Å². The fraction of sp³-hybridized carbons (Fsp3) is 0.235. The quantitative estimate of drug-likeness (QED) is 0.685. The number of methoxy groups -OCH3 is 1. The van der Waals surface area contributed by atoms with E-state index in [2.05, 4.69) is 0 Å². The van der Waals surface area contributed by atoms with Crippen molar-refractivity contribution in [3.63, 3.8) is 0 Å². The van der Waals surface area contributed by atoms with E-state index in [1.54, 1.807) is 12.1 Å². The first kappa shape index (κ1) is 17.6. The Labute approximate surface area is 143 Å². The summed E-state index contributed by atoms with van der Waals surface area (Å²) >= 11 is 11.8. The minimum Gasteiger partial charge on any atom is -0.493 e. The Morgan fingerprint density at radius 1 is 1.17 bits per heavy atom. The normalized spacial score (nSPS) is 10.5. The summed E-state index contributed by atoms with van der Waals surface area (Å²) < 4.78 is 24.5. The number of Topliss-reactive ketones (excluding diaryl/α,β-unsaturated/α-hetero) is 1. The maximum absolute atomic E-state index is 13.7. The van der Waals surface area contributed by atoms with Gasteiger partial charge in [0.15, 0.2) is 17.3 Å². The number of ether oxygens (including phenoxy) is 2. The van der Waals surface area contributed by atoms with Crippen molar-refractivity contribution in [3.05, 3.63) is 57.3 Å². The molecule has 2 aromatic carbocycles. The first-order valence-corrected chi connectivity index (χ1v) is 7.63. The van der Waals surface area contributed by atoms with E-state index in [0.29, 0.717) is 34.1 Å². The van der Waals surface area contributed by atoms with Crippen LogP contribution in [0.1, 0.15) is 22.8 Å².